The summed E-state index contributed by atoms with van der Waals surface area (Å²) in [6.45, 7) is 4.12. The molecule has 0 aliphatic rings. The number of benzene rings is 1. The molecule has 0 radical (unpaired) electrons. The summed E-state index contributed by atoms with van der Waals surface area (Å²) in [4.78, 5) is 12.3. The van der Waals surface area contributed by atoms with Crippen molar-refractivity contribution in [3.63, 3.8) is 0 Å². The molecule has 1 heterocycles. The van der Waals surface area contributed by atoms with Crippen LogP contribution in [0.5, 0.6) is 0 Å². The zero-order chi connectivity index (χ0) is 13.1. The second-order valence-electron chi connectivity index (χ2n) is 4.29. The summed E-state index contributed by atoms with van der Waals surface area (Å²) in [6.07, 6.45) is 0. The Kier molecular flexibility index (Phi) is 3.77. The van der Waals surface area contributed by atoms with Crippen LogP contribution >= 0.6 is 11.5 Å². The van der Waals surface area contributed by atoms with Crippen molar-refractivity contribution < 1.29 is 9.53 Å². The number of hydrogen-bond acceptors (Lipinski definition) is 4. The van der Waals surface area contributed by atoms with E-state index in [0.717, 1.165) is 16.8 Å². The van der Waals surface area contributed by atoms with Crippen molar-refractivity contribution in [3.05, 3.63) is 40.8 Å². The summed E-state index contributed by atoms with van der Waals surface area (Å²) in [5.74, 6) is -0.0774. The van der Waals surface area contributed by atoms with Crippen molar-refractivity contribution in [1.82, 2.24) is 4.37 Å². The van der Waals surface area contributed by atoms with Crippen LogP contribution in [0, 0.1) is 0 Å². The van der Waals surface area contributed by atoms with E-state index in [1.54, 1.807) is 0 Å². The highest BCUT2D eigenvalue weighted by molar-refractivity contribution is 7.08. The molecule has 1 aromatic carbocycles. The number of methoxy groups -OCH3 is 1. The molecule has 3 nitrogen and oxygen atoms in total. The van der Waals surface area contributed by atoms with Gasteiger partial charge in [-0.15, -0.1) is 0 Å². The van der Waals surface area contributed by atoms with Crippen molar-refractivity contribution in [2.45, 2.75) is 19.8 Å². The Morgan fingerprint density at radius 1 is 1.28 bits per heavy atom. The van der Waals surface area contributed by atoms with Gasteiger partial charge in [-0.25, -0.2) is 4.79 Å². The predicted octanol–water partition coefficient (Wildman–Crippen LogP) is 3.72. The Bertz CT molecular complexity index is 546. The zero-order valence-corrected chi connectivity index (χ0v) is 11.5. The van der Waals surface area contributed by atoms with Crippen LogP contribution in [-0.4, -0.2) is 17.5 Å². The fourth-order valence-corrected chi connectivity index (χ4v) is 2.85. The van der Waals surface area contributed by atoms with Crippen LogP contribution in [0.15, 0.2) is 30.3 Å². The van der Waals surface area contributed by atoms with Gasteiger partial charge >= 0.3 is 5.97 Å². The lowest BCUT2D eigenvalue weighted by Gasteiger charge is -2.08. The van der Waals surface area contributed by atoms with Gasteiger partial charge in [0.05, 0.1) is 12.8 Å². The topological polar surface area (TPSA) is 39.2 Å². The molecule has 4 heteroatoms. The van der Waals surface area contributed by atoms with E-state index < -0.39 is 0 Å². The lowest BCUT2D eigenvalue weighted by atomic mass is 9.97. The summed E-state index contributed by atoms with van der Waals surface area (Å²) >= 11 is 1.21. The van der Waals surface area contributed by atoms with Crippen LogP contribution < -0.4 is 0 Å². The van der Waals surface area contributed by atoms with Crippen molar-refractivity contribution in [2.24, 2.45) is 0 Å². The normalized spacial score (nSPS) is 10.7. The van der Waals surface area contributed by atoms with E-state index in [1.165, 1.54) is 18.6 Å². The van der Waals surface area contributed by atoms with Crippen molar-refractivity contribution in [2.75, 3.05) is 7.11 Å². The smallest absolute Gasteiger partial charge is 0.349 e. The van der Waals surface area contributed by atoms with Gasteiger partial charge in [0.15, 0.2) is 0 Å². The van der Waals surface area contributed by atoms with E-state index in [4.69, 9.17) is 4.74 Å². The molecule has 0 amide bonds. The SMILES string of the molecule is COC(=O)c1snc(-c2ccccc2)c1C(C)C. The van der Waals surface area contributed by atoms with Gasteiger partial charge in [-0.3, -0.25) is 0 Å². The molecule has 0 saturated carbocycles. The van der Waals surface area contributed by atoms with E-state index in [2.05, 4.69) is 18.2 Å². The lowest BCUT2D eigenvalue weighted by molar-refractivity contribution is 0.0605. The minimum atomic E-state index is -0.307. The molecule has 0 unspecified atom stereocenters. The highest BCUT2D eigenvalue weighted by Crippen LogP contribution is 2.34. The molecular weight excluding hydrogens is 246 g/mol. The monoisotopic (exact) mass is 261 g/mol. The second kappa shape index (κ2) is 5.31. The van der Waals surface area contributed by atoms with E-state index in [1.807, 2.05) is 30.3 Å². The third-order valence-corrected chi connectivity index (χ3v) is 3.57. The van der Waals surface area contributed by atoms with Gasteiger partial charge in [0.25, 0.3) is 0 Å². The van der Waals surface area contributed by atoms with Gasteiger partial charge in [0.1, 0.15) is 4.88 Å². The van der Waals surface area contributed by atoms with Crippen molar-refractivity contribution in [1.29, 1.82) is 0 Å². The average molecular weight is 261 g/mol. The zero-order valence-electron chi connectivity index (χ0n) is 10.6. The first-order valence-electron chi connectivity index (χ1n) is 5.78. The third kappa shape index (κ3) is 2.29. The fraction of sp³-hybridized carbons (Fsp3) is 0.286. The Morgan fingerprint density at radius 2 is 1.94 bits per heavy atom. The number of carbonyl (C=O) groups is 1. The number of aromatic nitrogens is 1. The number of rotatable bonds is 3. The van der Waals surface area contributed by atoms with Gasteiger partial charge < -0.3 is 4.74 Å². The molecule has 0 saturated heterocycles. The van der Waals surface area contributed by atoms with E-state index in [0.29, 0.717) is 4.88 Å². The average Bonchev–Trinajstić information content (AvgIpc) is 2.83. The Hall–Kier alpha value is -1.68. The minimum absolute atomic E-state index is 0.230. The standard InChI is InChI=1S/C14H15NO2S/c1-9(2)11-12(10-7-5-4-6-8-10)15-18-13(11)14(16)17-3/h4-9H,1-3H3. The number of nitrogens with zero attached hydrogens (tertiary/aromatic N) is 1. The van der Waals surface area contributed by atoms with Crippen LogP contribution in [0.25, 0.3) is 11.3 Å². The maximum atomic E-state index is 11.7. The van der Waals surface area contributed by atoms with Crippen LogP contribution in [0.1, 0.15) is 35.0 Å². The van der Waals surface area contributed by atoms with Crippen LogP contribution in [0.4, 0.5) is 0 Å². The van der Waals surface area contributed by atoms with E-state index in [9.17, 15) is 4.79 Å². The fourth-order valence-electron chi connectivity index (χ4n) is 1.88. The molecule has 0 aliphatic carbocycles. The molecule has 0 aliphatic heterocycles. The molecule has 1 aromatic heterocycles. The molecule has 0 fully saturated rings. The van der Waals surface area contributed by atoms with Gasteiger partial charge in [0.2, 0.25) is 0 Å². The van der Waals surface area contributed by atoms with Crippen LogP contribution in [0.2, 0.25) is 0 Å². The highest BCUT2D eigenvalue weighted by Gasteiger charge is 2.23. The number of hydrogen-bond donors (Lipinski definition) is 0. The van der Waals surface area contributed by atoms with Crippen molar-refractivity contribution in [3.8, 4) is 11.3 Å². The summed E-state index contributed by atoms with van der Waals surface area (Å²) in [5.41, 5.74) is 2.89. The maximum absolute atomic E-state index is 11.7. The molecule has 0 spiro atoms. The van der Waals surface area contributed by atoms with Crippen molar-refractivity contribution >= 4 is 17.5 Å². The first kappa shape index (κ1) is 12.8. The first-order chi connectivity index (χ1) is 8.65. The molecule has 94 valence electrons. The Labute approximate surface area is 111 Å². The molecule has 0 bridgehead atoms. The second-order valence-corrected chi connectivity index (χ2v) is 5.06. The first-order valence-corrected chi connectivity index (χ1v) is 6.55. The molecule has 2 rings (SSSR count). The largest absolute Gasteiger partial charge is 0.465 e. The third-order valence-electron chi connectivity index (χ3n) is 2.72. The summed E-state index contributed by atoms with van der Waals surface area (Å²) in [5, 5.41) is 0. The maximum Gasteiger partial charge on any atom is 0.349 e. The number of ether oxygens (including phenoxy) is 1. The molecular formula is C14H15NO2S. The van der Waals surface area contributed by atoms with Gasteiger partial charge in [-0.05, 0) is 17.5 Å². The lowest BCUT2D eigenvalue weighted by Crippen LogP contribution is -2.03. The molecule has 0 N–H and O–H groups in total. The Morgan fingerprint density at radius 3 is 2.50 bits per heavy atom. The predicted molar refractivity (Wildman–Crippen MR) is 73.0 cm³/mol. The minimum Gasteiger partial charge on any atom is -0.465 e. The summed E-state index contributed by atoms with van der Waals surface area (Å²) < 4.78 is 9.23. The van der Waals surface area contributed by atoms with Gasteiger partial charge in [-0.2, -0.15) is 4.37 Å². The number of esters is 1. The molecule has 2 aromatic rings. The van der Waals surface area contributed by atoms with Crippen LogP contribution in [-0.2, 0) is 4.74 Å². The quantitative estimate of drug-likeness (QED) is 0.790. The Balaban J connectivity index is 2.56. The summed E-state index contributed by atoms with van der Waals surface area (Å²) in [6, 6.07) is 9.91. The highest BCUT2D eigenvalue weighted by atomic mass is 32.1. The van der Waals surface area contributed by atoms with E-state index in [-0.39, 0.29) is 11.9 Å². The summed E-state index contributed by atoms with van der Waals surface area (Å²) in [7, 11) is 1.40. The molecule has 0 atom stereocenters. The van der Waals surface area contributed by atoms with Gasteiger partial charge in [-0.1, -0.05) is 44.2 Å². The van der Waals surface area contributed by atoms with E-state index >= 15 is 0 Å². The number of carbonyl (C=O) groups excluding carboxylic acids is 1. The van der Waals surface area contributed by atoms with Gasteiger partial charge in [0, 0.05) is 11.1 Å². The van der Waals surface area contributed by atoms with Crippen LogP contribution in [0.3, 0.4) is 0 Å². The molecule has 18 heavy (non-hydrogen) atoms.